The van der Waals surface area contributed by atoms with Gasteiger partial charge in [-0.3, -0.25) is 4.79 Å². The molecule has 160 valence electrons. The Balaban J connectivity index is 1.41. The van der Waals surface area contributed by atoms with E-state index in [0.717, 1.165) is 38.5 Å². The number of rotatable bonds is 8. The molecule has 0 atom stereocenters. The summed E-state index contributed by atoms with van der Waals surface area (Å²) < 4.78 is 5.68. The molecule has 0 radical (unpaired) electrons. The molecule has 3 rings (SSSR count). The molecule has 2 aromatic rings. The predicted molar refractivity (Wildman–Crippen MR) is 121 cm³/mol. The molecule has 1 heterocycles. The number of ether oxygens (including phenoxy) is 1. The number of hydrogen-bond acceptors (Lipinski definition) is 4. The van der Waals surface area contributed by atoms with E-state index in [-0.39, 0.29) is 12.5 Å². The standard InChI is InChI=1S/C23H31N5O2/c1-2-24-23(25-13-18-30-21-11-7-4-8-12-21)26-19-22(29)28-16-14-27(15-17-28)20-9-5-3-6-10-20/h3-12H,2,13-19H2,1H3,(H2,24,25,26). The van der Waals surface area contributed by atoms with Crippen LogP contribution in [0.4, 0.5) is 5.69 Å². The number of carbonyl (C=O) groups is 1. The van der Waals surface area contributed by atoms with E-state index >= 15 is 0 Å². The molecule has 0 unspecified atom stereocenters. The first-order valence-electron chi connectivity index (χ1n) is 10.5. The summed E-state index contributed by atoms with van der Waals surface area (Å²) in [4.78, 5) is 21.2. The third-order valence-electron chi connectivity index (χ3n) is 4.88. The maximum Gasteiger partial charge on any atom is 0.244 e. The molecule has 2 N–H and O–H groups in total. The summed E-state index contributed by atoms with van der Waals surface area (Å²) >= 11 is 0. The van der Waals surface area contributed by atoms with Gasteiger partial charge in [-0.15, -0.1) is 0 Å². The monoisotopic (exact) mass is 409 g/mol. The second-order valence-corrected chi connectivity index (χ2v) is 6.99. The van der Waals surface area contributed by atoms with Crippen LogP contribution in [-0.2, 0) is 4.79 Å². The second kappa shape index (κ2) is 11.7. The molecule has 1 aliphatic heterocycles. The van der Waals surface area contributed by atoms with Crippen molar-refractivity contribution in [2.75, 3.05) is 57.3 Å². The maximum absolute atomic E-state index is 12.6. The zero-order valence-electron chi connectivity index (χ0n) is 17.6. The molecular weight excluding hydrogens is 378 g/mol. The van der Waals surface area contributed by atoms with Gasteiger partial charge < -0.3 is 25.2 Å². The number of nitrogens with one attached hydrogen (secondary N) is 2. The Morgan fingerprint density at radius 3 is 2.30 bits per heavy atom. The fraction of sp³-hybridized carbons (Fsp3) is 0.391. The van der Waals surface area contributed by atoms with E-state index in [9.17, 15) is 4.79 Å². The van der Waals surface area contributed by atoms with Crippen molar-refractivity contribution in [1.82, 2.24) is 15.5 Å². The predicted octanol–water partition coefficient (Wildman–Crippen LogP) is 1.97. The zero-order valence-corrected chi connectivity index (χ0v) is 17.6. The Morgan fingerprint density at radius 1 is 0.967 bits per heavy atom. The highest BCUT2D eigenvalue weighted by atomic mass is 16.5. The Labute approximate surface area is 178 Å². The summed E-state index contributed by atoms with van der Waals surface area (Å²) in [5.41, 5.74) is 1.21. The largest absolute Gasteiger partial charge is 0.492 e. The molecule has 1 amide bonds. The van der Waals surface area contributed by atoms with Gasteiger partial charge in [0.2, 0.25) is 5.91 Å². The quantitative estimate of drug-likeness (QED) is 0.396. The lowest BCUT2D eigenvalue weighted by molar-refractivity contribution is -0.129. The van der Waals surface area contributed by atoms with Crippen LogP contribution >= 0.6 is 0 Å². The Kier molecular flexibility index (Phi) is 8.38. The summed E-state index contributed by atoms with van der Waals surface area (Å²) in [6.45, 7) is 7.12. The summed E-state index contributed by atoms with van der Waals surface area (Å²) in [5.74, 6) is 1.52. The van der Waals surface area contributed by atoms with E-state index in [0.29, 0.717) is 19.1 Å². The van der Waals surface area contributed by atoms with Crippen molar-refractivity contribution in [3.63, 3.8) is 0 Å². The number of amides is 1. The van der Waals surface area contributed by atoms with Gasteiger partial charge in [-0.2, -0.15) is 0 Å². The van der Waals surface area contributed by atoms with E-state index in [1.807, 2.05) is 60.4 Å². The molecule has 7 nitrogen and oxygen atoms in total. The van der Waals surface area contributed by atoms with Gasteiger partial charge in [0.1, 0.15) is 18.9 Å². The number of piperazine rings is 1. The minimum absolute atomic E-state index is 0.0560. The number of anilines is 1. The van der Waals surface area contributed by atoms with Crippen LogP contribution in [0.3, 0.4) is 0 Å². The van der Waals surface area contributed by atoms with Crippen LogP contribution in [-0.4, -0.2) is 69.2 Å². The van der Waals surface area contributed by atoms with Crippen LogP contribution < -0.4 is 20.3 Å². The summed E-state index contributed by atoms with van der Waals surface area (Å²) in [5, 5.41) is 6.39. The molecule has 0 spiro atoms. The molecule has 0 aromatic heterocycles. The zero-order chi connectivity index (χ0) is 21.0. The van der Waals surface area contributed by atoms with Crippen molar-refractivity contribution >= 4 is 17.6 Å². The van der Waals surface area contributed by atoms with Crippen molar-refractivity contribution in [2.45, 2.75) is 6.92 Å². The number of carbonyl (C=O) groups excluding carboxylic acids is 1. The SMILES string of the molecule is CCNC(=NCC(=O)N1CCN(c2ccccc2)CC1)NCCOc1ccccc1. The highest BCUT2D eigenvalue weighted by Crippen LogP contribution is 2.15. The average molecular weight is 410 g/mol. The van der Waals surface area contributed by atoms with Gasteiger partial charge in [0.25, 0.3) is 0 Å². The molecule has 30 heavy (non-hydrogen) atoms. The summed E-state index contributed by atoms with van der Waals surface area (Å²) in [6, 6.07) is 20.0. The van der Waals surface area contributed by atoms with Crippen LogP contribution in [0.25, 0.3) is 0 Å². The Morgan fingerprint density at radius 2 is 1.63 bits per heavy atom. The van der Waals surface area contributed by atoms with Gasteiger partial charge in [-0.25, -0.2) is 4.99 Å². The fourth-order valence-corrected chi connectivity index (χ4v) is 3.30. The number of hydrogen-bond donors (Lipinski definition) is 2. The first-order chi connectivity index (χ1) is 14.8. The Hall–Kier alpha value is -3.22. The highest BCUT2D eigenvalue weighted by Gasteiger charge is 2.20. The van der Waals surface area contributed by atoms with Crippen molar-refractivity contribution in [3.05, 3.63) is 60.7 Å². The van der Waals surface area contributed by atoms with E-state index < -0.39 is 0 Å². The molecule has 1 fully saturated rings. The average Bonchev–Trinajstić information content (AvgIpc) is 2.81. The van der Waals surface area contributed by atoms with Crippen molar-refractivity contribution in [2.24, 2.45) is 4.99 Å². The Bertz CT molecular complexity index is 790. The van der Waals surface area contributed by atoms with Gasteiger partial charge in [0.15, 0.2) is 5.96 Å². The molecule has 1 aliphatic rings. The van der Waals surface area contributed by atoms with Crippen LogP contribution in [0.5, 0.6) is 5.75 Å². The lowest BCUT2D eigenvalue weighted by atomic mass is 10.2. The highest BCUT2D eigenvalue weighted by molar-refractivity contribution is 5.85. The summed E-state index contributed by atoms with van der Waals surface area (Å²) in [6.07, 6.45) is 0. The molecule has 7 heteroatoms. The molecule has 0 saturated carbocycles. The topological polar surface area (TPSA) is 69.2 Å². The normalized spacial score (nSPS) is 14.4. The number of guanidine groups is 1. The van der Waals surface area contributed by atoms with Crippen LogP contribution in [0.1, 0.15) is 6.92 Å². The number of nitrogens with zero attached hydrogens (tertiary/aromatic N) is 3. The lowest BCUT2D eigenvalue weighted by Crippen LogP contribution is -2.49. The minimum Gasteiger partial charge on any atom is -0.492 e. The molecule has 1 saturated heterocycles. The van der Waals surface area contributed by atoms with Gasteiger partial charge in [0, 0.05) is 38.4 Å². The van der Waals surface area contributed by atoms with Crippen molar-refractivity contribution in [3.8, 4) is 5.75 Å². The van der Waals surface area contributed by atoms with E-state index in [1.165, 1.54) is 5.69 Å². The van der Waals surface area contributed by atoms with E-state index in [4.69, 9.17) is 4.74 Å². The van der Waals surface area contributed by atoms with Crippen molar-refractivity contribution < 1.29 is 9.53 Å². The third kappa shape index (κ3) is 6.69. The smallest absolute Gasteiger partial charge is 0.244 e. The van der Waals surface area contributed by atoms with E-state index in [2.05, 4.69) is 32.7 Å². The fourth-order valence-electron chi connectivity index (χ4n) is 3.30. The van der Waals surface area contributed by atoms with Gasteiger partial charge >= 0.3 is 0 Å². The maximum atomic E-state index is 12.6. The number of para-hydroxylation sites is 2. The number of benzene rings is 2. The van der Waals surface area contributed by atoms with Crippen LogP contribution in [0, 0.1) is 0 Å². The van der Waals surface area contributed by atoms with E-state index in [1.54, 1.807) is 0 Å². The van der Waals surface area contributed by atoms with Crippen LogP contribution in [0.15, 0.2) is 65.7 Å². The molecule has 0 bridgehead atoms. The van der Waals surface area contributed by atoms with Crippen LogP contribution in [0.2, 0.25) is 0 Å². The summed E-state index contributed by atoms with van der Waals surface area (Å²) in [7, 11) is 0. The molecule has 0 aliphatic carbocycles. The minimum atomic E-state index is 0.0560. The molecular formula is C23H31N5O2. The third-order valence-corrected chi connectivity index (χ3v) is 4.88. The first-order valence-corrected chi connectivity index (χ1v) is 10.5. The van der Waals surface area contributed by atoms with Gasteiger partial charge in [-0.1, -0.05) is 36.4 Å². The molecule has 2 aromatic carbocycles. The lowest BCUT2D eigenvalue weighted by Gasteiger charge is -2.36. The first kappa shape index (κ1) is 21.5. The number of aliphatic imine (C=N–C) groups is 1. The second-order valence-electron chi connectivity index (χ2n) is 6.99. The van der Waals surface area contributed by atoms with Gasteiger partial charge in [-0.05, 0) is 31.2 Å². The van der Waals surface area contributed by atoms with Gasteiger partial charge in [0.05, 0.1) is 6.54 Å². The van der Waals surface area contributed by atoms with Crippen molar-refractivity contribution in [1.29, 1.82) is 0 Å².